The van der Waals surface area contributed by atoms with E-state index in [9.17, 15) is 5.11 Å². The molecule has 0 saturated carbocycles. The fourth-order valence-corrected chi connectivity index (χ4v) is 0.988. The van der Waals surface area contributed by atoms with Gasteiger partial charge in [-0.05, 0) is 17.7 Å². The van der Waals surface area contributed by atoms with Gasteiger partial charge in [-0.2, -0.15) is 0 Å². The predicted octanol–water partition coefficient (Wildman–Crippen LogP) is 1.07. The van der Waals surface area contributed by atoms with E-state index in [1.54, 1.807) is 12.1 Å². The van der Waals surface area contributed by atoms with Crippen LogP contribution in [0.2, 0.25) is 0 Å². The fraction of sp³-hybridized carbons (Fsp3) is 0.273. The summed E-state index contributed by atoms with van der Waals surface area (Å²) in [4.78, 5) is 2.51. The van der Waals surface area contributed by atoms with Gasteiger partial charge in [0.25, 0.3) is 0 Å². The van der Waals surface area contributed by atoms with Crippen LogP contribution >= 0.6 is 0 Å². The first kappa shape index (κ1) is 12.1. The molecule has 0 amide bonds. The molecule has 0 aromatic heterocycles. The molecular weight excluding hydrogens is 206 g/mol. The third kappa shape index (κ3) is 3.64. The van der Waals surface area contributed by atoms with Crippen LogP contribution in [-0.4, -0.2) is 29.0 Å². The summed E-state index contributed by atoms with van der Waals surface area (Å²) in [7, 11) is 0. The van der Waals surface area contributed by atoms with E-state index in [1.807, 2.05) is 18.2 Å². The molecule has 1 rings (SSSR count). The topological polar surface area (TPSA) is 89.2 Å². The van der Waals surface area contributed by atoms with Crippen LogP contribution in [0.1, 0.15) is 5.56 Å². The quantitative estimate of drug-likeness (QED) is 0.343. The van der Waals surface area contributed by atoms with Crippen LogP contribution in [0.5, 0.6) is 0 Å². The van der Waals surface area contributed by atoms with Crippen molar-refractivity contribution >= 4 is 0 Å². The lowest BCUT2D eigenvalue weighted by Gasteiger charge is -2.15. The van der Waals surface area contributed by atoms with Crippen LogP contribution in [-0.2, 0) is 0 Å². The Bertz CT molecular complexity index is 443. The van der Waals surface area contributed by atoms with Crippen molar-refractivity contribution in [3.05, 3.63) is 46.3 Å². The van der Waals surface area contributed by atoms with E-state index in [-0.39, 0.29) is 6.54 Å². The standard InChI is InChI=1S/C11H11N3O2/c12-14-13-8-11(16,9-15)7-6-10-4-2-1-3-5-10/h1-5,15-16H,8-9H2/t11-/m0/s1. The normalized spacial score (nSPS) is 12.9. The van der Waals surface area contributed by atoms with E-state index in [1.165, 1.54) is 0 Å². The molecular formula is C11H11N3O2. The van der Waals surface area contributed by atoms with Crippen molar-refractivity contribution in [3.8, 4) is 11.8 Å². The molecule has 0 bridgehead atoms. The minimum Gasteiger partial charge on any atom is -0.392 e. The van der Waals surface area contributed by atoms with Crippen LogP contribution in [0.4, 0.5) is 0 Å². The third-order valence-corrected chi connectivity index (χ3v) is 1.87. The van der Waals surface area contributed by atoms with Crippen molar-refractivity contribution in [2.45, 2.75) is 5.60 Å². The van der Waals surface area contributed by atoms with E-state index in [0.717, 1.165) is 5.56 Å². The first-order valence-corrected chi connectivity index (χ1v) is 4.62. The molecule has 0 unspecified atom stereocenters. The molecule has 16 heavy (non-hydrogen) atoms. The average molecular weight is 217 g/mol. The number of benzene rings is 1. The molecule has 0 spiro atoms. The molecule has 5 nitrogen and oxygen atoms in total. The van der Waals surface area contributed by atoms with Gasteiger partial charge in [0, 0.05) is 10.5 Å². The number of aliphatic hydroxyl groups excluding tert-OH is 1. The lowest BCUT2D eigenvalue weighted by atomic mass is 10.1. The van der Waals surface area contributed by atoms with Gasteiger partial charge >= 0.3 is 0 Å². The minimum absolute atomic E-state index is 0.278. The Kier molecular flexibility index (Phi) is 4.37. The lowest BCUT2D eigenvalue weighted by molar-refractivity contribution is 0.0434. The summed E-state index contributed by atoms with van der Waals surface area (Å²) in [6.45, 7) is -0.855. The summed E-state index contributed by atoms with van der Waals surface area (Å²) < 4.78 is 0. The molecule has 82 valence electrons. The Balaban J connectivity index is 2.84. The zero-order valence-corrected chi connectivity index (χ0v) is 8.54. The average Bonchev–Trinajstić information content (AvgIpc) is 2.35. The number of nitrogens with zero attached hydrogens (tertiary/aromatic N) is 3. The highest BCUT2D eigenvalue weighted by molar-refractivity contribution is 5.36. The van der Waals surface area contributed by atoms with Crippen molar-refractivity contribution in [1.29, 1.82) is 0 Å². The molecule has 0 aliphatic heterocycles. The smallest absolute Gasteiger partial charge is 0.154 e. The van der Waals surface area contributed by atoms with Crippen LogP contribution in [0.15, 0.2) is 35.4 Å². The van der Waals surface area contributed by atoms with Crippen molar-refractivity contribution in [2.75, 3.05) is 13.2 Å². The van der Waals surface area contributed by atoms with Gasteiger partial charge in [-0.15, -0.1) is 0 Å². The Morgan fingerprint density at radius 2 is 2.06 bits per heavy atom. The van der Waals surface area contributed by atoms with E-state index in [2.05, 4.69) is 21.9 Å². The minimum atomic E-state index is -1.68. The second-order valence-electron chi connectivity index (χ2n) is 3.19. The first-order valence-electron chi connectivity index (χ1n) is 4.62. The van der Waals surface area contributed by atoms with Crippen LogP contribution < -0.4 is 0 Å². The van der Waals surface area contributed by atoms with Crippen molar-refractivity contribution in [2.24, 2.45) is 5.11 Å². The number of aliphatic hydroxyl groups is 2. The Morgan fingerprint density at radius 1 is 1.38 bits per heavy atom. The highest BCUT2D eigenvalue weighted by Gasteiger charge is 2.21. The molecule has 0 radical (unpaired) electrons. The van der Waals surface area contributed by atoms with E-state index in [4.69, 9.17) is 10.6 Å². The van der Waals surface area contributed by atoms with Gasteiger partial charge in [0.15, 0.2) is 5.60 Å². The van der Waals surface area contributed by atoms with Crippen LogP contribution in [0, 0.1) is 11.8 Å². The molecule has 1 aromatic rings. The highest BCUT2D eigenvalue weighted by atomic mass is 16.3. The van der Waals surface area contributed by atoms with Crippen LogP contribution in [0.25, 0.3) is 10.4 Å². The molecule has 1 aromatic carbocycles. The fourth-order valence-electron chi connectivity index (χ4n) is 0.988. The molecule has 0 heterocycles. The second kappa shape index (κ2) is 5.79. The van der Waals surface area contributed by atoms with Gasteiger partial charge in [-0.25, -0.2) is 0 Å². The Morgan fingerprint density at radius 3 is 2.62 bits per heavy atom. The molecule has 5 heteroatoms. The molecule has 2 N–H and O–H groups in total. The number of hydrogen-bond acceptors (Lipinski definition) is 3. The Hall–Kier alpha value is -1.99. The molecule has 0 aliphatic carbocycles. The maximum Gasteiger partial charge on any atom is 0.154 e. The van der Waals surface area contributed by atoms with Gasteiger partial charge in [-0.3, -0.25) is 0 Å². The van der Waals surface area contributed by atoms with Crippen LogP contribution in [0.3, 0.4) is 0 Å². The predicted molar refractivity (Wildman–Crippen MR) is 59.4 cm³/mol. The monoisotopic (exact) mass is 217 g/mol. The maximum atomic E-state index is 9.72. The third-order valence-electron chi connectivity index (χ3n) is 1.87. The van der Waals surface area contributed by atoms with Gasteiger partial charge in [0.1, 0.15) is 0 Å². The Labute approximate surface area is 93.0 Å². The molecule has 0 fully saturated rings. The van der Waals surface area contributed by atoms with E-state index >= 15 is 0 Å². The molecule has 1 atom stereocenters. The maximum absolute atomic E-state index is 9.72. The first-order chi connectivity index (χ1) is 7.70. The van der Waals surface area contributed by atoms with Crippen molar-refractivity contribution in [1.82, 2.24) is 0 Å². The summed E-state index contributed by atoms with van der Waals surface area (Å²) in [5, 5.41) is 21.9. The SMILES string of the molecule is [N-]=[N+]=NC[C@@](O)(C#Cc1ccccc1)CO. The van der Waals surface area contributed by atoms with Gasteiger partial charge < -0.3 is 10.2 Å². The highest BCUT2D eigenvalue weighted by Crippen LogP contribution is 2.04. The zero-order valence-electron chi connectivity index (χ0n) is 8.54. The van der Waals surface area contributed by atoms with Crippen molar-refractivity contribution in [3.63, 3.8) is 0 Å². The summed E-state index contributed by atoms with van der Waals surface area (Å²) in [6.07, 6.45) is 0. The summed E-state index contributed by atoms with van der Waals surface area (Å²) in [5.74, 6) is 5.19. The van der Waals surface area contributed by atoms with Gasteiger partial charge in [-0.1, -0.05) is 35.2 Å². The molecule has 0 aliphatic rings. The van der Waals surface area contributed by atoms with Crippen molar-refractivity contribution < 1.29 is 10.2 Å². The number of azide groups is 1. The number of rotatable bonds is 3. The second-order valence-corrected chi connectivity index (χ2v) is 3.19. The lowest BCUT2D eigenvalue weighted by Crippen LogP contribution is -2.34. The number of hydrogen-bond donors (Lipinski definition) is 2. The van der Waals surface area contributed by atoms with E-state index in [0.29, 0.717) is 0 Å². The van der Waals surface area contributed by atoms with Gasteiger partial charge in [0.05, 0.1) is 13.2 Å². The summed E-state index contributed by atoms with van der Waals surface area (Å²) >= 11 is 0. The summed E-state index contributed by atoms with van der Waals surface area (Å²) in [5.41, 5.74) is 7.17. The largest absolute Gasteiger partial charge is 0.392 e. The van der Waals surface area contributed by atoms with Gasteiger partial charge in [0.2, 0.25) is 0 Å². The van der Waals surface area contributed by atoms with E-state index < -0.39 is 12.2 Å². The molecule has 0 saturated heterocycles. The zero-order chi connectivity index (χ0) is 11.9. The summed E-state index contributed by atoms with van der Waals surface area (Å²) in [6, 6.07) is 9.03.